The predicted molar refractivity (Wildman–Crippen MR) is 278 cm³/mol. The summed E-state index contributed by atoms with van der Waals surface area (Å²) >= 11 is -3.68. The molecule has 0 bridgehead atoms. The van der Waals surface area contributed by atoms with Crippen molar-refractivity contribution in [3.05, 3.63) is 215 Å². The Morgan fingerprint density at radius 2 is 0.333 bits per heavy atom. The summed E-state index contributed by atoms with van der Waals surface area (Å²) in [4.78, 5) is 0. The van der Waals surface area contributed by atoms with Crippen molar-refractivity contribution in [3.63, 3.8) is 0 Å². The monoisotopic (exact) mass is 1050 g/mol. The Kier molecular flexibility index (Phi) is 19.1. The van der Waals surface area contributed by atoms with Crippen molar-refractivity contribution < 1.29 is 5.48 Å². The van der Waals surface area contributed by atoms with Crippen molar-refractivity contribution in [1.82, 2.24) is 0 Å². The van der Waals surface area contributed by atoms with Crippen molar-refractivity contribution in [3.8, 4) is 0 Å². The van der Waals surface area contributed by atoms with Crippen LogP contribution >= 0.6 is 0 Å². The summed E-state index contributed by atoms with van der Waals surface area (Å²) in [6.45, 7) is 29.6. The fraction of sp³-hybridized carbons (Fsp3) is 0.400. The first-order valence-corrected chi connectivity index (χ1v) is 35.3. The first-order chi connectivity index (χ1) is 29.2. The van der Waals surface area contributed by atoms with E-state index in [0.717, 1.165) is 0 Å². The van der Waals surface area contributed by atoms with Gasteiger partial charge in [0.2, 0.25) is 0 Å². The van der Waals surface area contributed by atoms with E-state index < -0.39 is 39.5 Å². The van der Waals surface area contributed by atoms with Crippen LogP contribution in [0.3, 0.4) is 0 Å². The molecule has 0 unspecified atom stereocenters. The van der Waals surface area contributed by atoms with Gasteiger partial charge in [0, 0.05) is 0 Å². The summed E-state index contributed by atoms with van der Waals surface area (Å²) in [6.07, 6.45) is 0. The van der Waals surface area contributed by atoms with Gasteiger partial charge in [-0.3, -0.25) is 0 Å². The molecule has 0 saturated carbocycles. The van der Waals surface area contributed by atoms with Crippen LogP contribution in [0.5, 0.6) is 0 Å². The molecule has 0 aliphatic heterocycles. The predicted octanol–water partition coefficient (Wildman–Crippen LogP) is 16.7. The van der Waals surface area contributed by atoms with Gasteiger partial charge in [0.25, 0.3) is 0 Å². The Morgan fingerprint density at radius 3 is 0.444 bits per heavy atom. The van der Waals surface area contributed by atoms with E-state index in [1.54, 1.807) is 0 Å². The topological polar surface area (TPSA) is 28.5 Å². The van der Waals surface area contributed by atoms with Crippen molar-refractivity contribution in [2.45, 2.75) is 142 Å². The van der Waals surface area contributed by atoms with E-state index in [4.69, 9.17) is 0 Å². The van der Waals surface area contributed by atoms with Crippen LogP contribution in [0, 0.1) is 0 Å². The molecular formula is C60H78OSn2. The van der Waals surface area contributed by atoms with E-state index in [0.29, 0.717) is 0 Å². The minimum atomic E-state index is -1.84. The van der Waals surface area contributed by atoms with E-state index in [-0.39, 0.29) is 38.0 Å². The van der Waals surface area contributed by atoms with Crippen LogP contribution in [0.2, 0.25) is 26.6 Å². The van der Waals surface area contributed by atoms with Crippen LogP contribution in [-0.4, -0.2) is 39.5 Å². The maximum Gasteiger partial charge on any atom is -2.00 e. The molecule has 0 heterocycles. The number of hydrogen-bond donors (Lipinski definition) is 0. The molecule has 0 amide bonds. The Bertz CT molecular complexity index is 1760. The fourth-order valence-corrected chi connectivity index (χ4v) is 37.1. The van der Waals surface area contributed by atoms with Crippen molar-refractivity contribution in [1.29, 1.82) is 0 Å². The molecule has 6 aromatic carbocycles. The molecule has 0 spiro atoms. The molecule has 0 N–H and O–H groups in total. The largest absolute Gasteiger partial charge is 2.00 e. The second kappa shape index (κ2) is 22.9. The average Bonchev–Trinajstić information content (AvgIpc) is 3.25. The second-order valence-electron chi connectivity index (χ2n) is 22.1. The SMILES string of the molecule is CC(C)([CH2][Sn+]([CH2]C(C)(C)c1ccccc1)[CH2]C(C)(C)c1ccccc1)c1ccccc1.CC(C)([CH2][Sn+]([CH2]C(C)(C)c1ccccc1)[CH2]C(C)(C)c1ccccc1)c1ccccc1.[O-2]. The molecule has 0 radical (unpaired) electrons. The van der Waals surface area contributed by atoms with Gasteiger partial charge in [-0.2, -0.15) is 0 Å². The molecule has 0 atom stereocenters. The van der Waals surface area contributed by atoms with Crippen molar-refractivity contribution in [2.24, 2.45) is 0 Å². The van der Waals surface area contributed by atoms with E-state index in [2.05, 4.69) is 265 Å². The molecule has 0 aliphatic rings. The summed E-state index contributed by atoms with van der Waals surface area (Å²) in [5.41, 5.74) is 10.3. The maximum absolute atomic E-state index is 2.47. The van der Waals surface area contributed by atoms with Gasteiger partial charge in [-0.05, 0) is 0 Å². The molecule has 6 aromatic rings. The van der Waals surface area contributed by atoms with Gasteiger partial charge in [0.1, 0.15) is 0 Å². The summed E-state index contributed by atoms with van der Waals surface area (Å²) in [7, 11) is 0. The zero-order chi connectivity index (χ0) is 45.1. The summed E-state index contributed by atoms with van der Waals surface area (Å²) < 4.78 is 8.28. The van der Waals surface area contributed by atoms with E-state index >= 15 is 0 Å². The van der Waals surface area contributed by atoms with Crippen LogP contribution in [0.15, 0.2) is 182 Å². The normalized spacial score (nSPS) is 12.4. The maximum atomic E-state index is 2.47. The molecule has 3 heteroatoms. The standard InChI is InChI=1S/6C10H13.O.2Sn/c6*1-10(2,3)9-7-5-4-6-8-9;;;/h6*4-8H,1H2,2-3H3;;;/q;;;;;;-2;2*+1. The molecule has 1 nitrogen and oxygen atoms in total. The first kappa shape index (κ1) is 52.5. The van der Waals surface area contributed by atoms with E-state index in [1.165, 1.54) is 60.0 Å². The zero-order valence-electron chi connectivity index (χ0n) is 41.0. The van der Waals surface area contributed by atoms with Crippen LogP contribution in [-0.2, 0) is 38.0 Å². The first-order valence-electron chi connectivity index (χ1n) is 23.2. The Balaban J connectivity index is 0.000000272. The Morgan fingerprint density at radius 1 is 0.222 bits per heavy atom. The second-order valence-corrected chi connectivity index (χ2v) is 36.7. The molecule has 332 valence electrons. The molecule has 0 saturated heterocycles. The molecular weight excluding hydrogens is 974 g/mol. The van der Waals surface area contributed by atoms with Gasteiger partial charge in [-0.25, -0.2) is 0 Å². The van der Waals surface area contributed by atoms with Gasteiger partial charge in [-0.15, -0.1) is 0 Å². The van der Waals surface area contributed by atoms with Crippen LogP contribution in [0.4, 0.5) is 0 Å². The molecule has 0 fully saturated rings. The smallest absolute Gasteiger partial charge is 2.00 e. The summed E-state index contributed by atoms with van der Waals surface area (Å²) in [5, 5.41) is 0. The van der Waals surface area contributed by atoms with E-state index in [1.807, 2.05) is 0 Å². The number of hydrogen-bond acceptors (Lipinski definition) is 0. The number of benzene rings is 6. The third-order valence-electron chi connectivity index (χ3n) is 13.5. The zero-order valence-corrected chi connectivity index (χ0v) is 46.7. The number of rotatable bonds is 18. The third-order valence-corrected chi connectivity index (χ3v) is 37.2. The third kappa shape index (κ3) is 15.5. The van der Waals surface area contributed by atoms with Crippen LogP contribution in [0.1, 0.15) is 116 Å². The van der Waals surface area contributed by atoms with Gasteiger partial charge < -0.3 is 5.48 Å². The minimum Gasteiger partial charge on any atom is -2.00 e. The molecule has 0 aromatic heterocycles. The fourth-order valence-electron chi connectivity index (χ4n) is 10.1. The summed E-state index contributed by atoms with van der Waals surface area (Å²) in [6, 6.07) is 67.1. The van der Waals surface area contributed by atoms with Crippen molar-refractivity contribution in [2.75, 3.05) is 0 Å². The molecule has 0 aliphatic carbocycles. The van der Waals surface area contributed by atoms with Gasteiger partial charge in [0.15, 0.2) is 0 Å². The molecule has 6 rings (SSSR count). The van der Waals surface area contributed by atoms with Gasteiger partial charge in [-0.1, -0.05) is 0 Å². The minimum absolute atomic E-state index is 0. The van der Waals surface area contributed by atoms with Crippen molar-refractivity contribution >= 4 is 39.5 Å². The Labute approximate surface area is 399 Å². The van der Waals surface area contributed by atoms with Gasteiger partial charge in [0.05, 0.1) is 0 Å². The summed E-state index contributed by atoms with van der Waals surface area (Å²) in [5.74, 6) is 0. The van der Waals surface area contributed by atoms with E-state index in [9.17, 15) is 0 Å². The Hall–Kier alpha value is -3.12. The van der Waals surface area contributed by atoms with Crippen LogP contribution < -0.4 is 0 Å². The quantitative estimate of drug-likeness (QED) is 0.0768. The molecule has 63 heavy (non-hydrogen) atoms. The average molecular weight is 1050 g/mol. The van der Waals surface area contributed by atoms with Gasteiger partial charge >= 0.3 is 397 Å². The van der Waals surface area contributed by atoms with Crippen LogP contribution in [0.25, 0.3) is 0 Å².